The normalized spacial score (nSPS) is 11.1. The first-order valence-electron chi connectivity index (χ1n) is 14.0. The van der Waals surface area contributed by atoms with Crippen molar-refractivity contribution in [1.82, 2.24) is 0 Å². The molecule has 30 heavy (non-hydrogen) atoms. The summed E-state index contributed by atoms with van der Waals surface area (Å²) in [7, 11) is 0. The van der Waals surface area contributed by atoms with Crippen molar-refractivity contribution >= 4 is 5.97 Å². The van der Waals surface area contributed by atoms with Crippen LogP contribution < -0.4 is 0 Å². The Bertz CT molecular complexity index is 327. The second-order valence-electron chi connectivity index (χ2n) is 9.40. The number of hydrogen-bond acceptors (Lipinski definition) is 2. The van der Waals surface area contributed by atoms with Crippen molar-refractivity contribution in [3.8, 4) is 0 Å². The van der Waals surface area contributed by atoms with Crippen molar-refractivity contribution in [3.63, 3.8) is 0 Å². The summed E-state index contributed by atoms with van der Waals surface area (Å²) in [4.78, 5) is 11.7. The summed E-state index contributed by atoms with van der Waals surface area (Å²) < 4.78 is 5.36. The third-order valence-corrected chi connectivity index (χ3v) is 6.25. The highest BCUT2D eigenvalue weighted by atomic mass is 16.5. The van der Waals surface area contributed by atoms with Gasteiger partial charge in [-0.25, -0.2) is 0 Å². The summed E-state index contributed by atoms with van der Waals surface area (Å²) in [6.45, 7) is 5.15. The number of ether oxygens (including phenoxy) is 1. The summed E-state index contributed by atoms with van der Waals surface area (Å²) in [6.07, 6.45) is 31.5. The molecule has 0 aromatic heterocycles. The van der Waals surface area contributed by atoms with Gasteiger partial charge < -0.3 is 4.74 Å². The van der Waals surface area contributed by atoms with E-state index in [1.54, 1.807) is 0 Å². The molecule has 0 amide bonds. The molecule has 0 bridgehead atoms. The van der Waals surface area contributed by atoms with Crippen LogP contribution in [0.1, 0.15) is 168 Å². The summed E-state index contributed by atoms with van der Waals surface area (Å²) in [5.41, 5.74) is 0. The van der Waals surface area contributed by atoms with Crippen molar-refractivity contribution in [2.75, 3.05) is 6.61 Å². The Labute approximate surface area is 190 Å². The monoisotopic (exact) mass is 424 g/mol. The summed E-state index contributed by atoms with van der Waals surface area (Å²) in [5, 5.41) is 0. The first kappa shape index (κ1) is 29.5. The number of esters is 1. The van der Waals surface area contributed by atoms with Gasteiger partial charge >= 0.3 is 5.97 Å². The molecule has 0 spiro atoms. The summed E-state index contributed by atoms with van der Waals surface area (Å²) >= 11 is 0. The van der Waals surface area contributed by atoms with Gasteiger partial charge in [-0.1, -0.05) is 149 Å². The molecule has 0 fully saturated rings. The van der Waals surface area contributed by atoms with Gasteiger partial charge in [-0.15, -0.1) is 0 Å². The van der Waals surface area contributed by atoms with Crippen LogP contribution in [0.5, 0.6) is 0 Å². The van der Waals surface area contributed by atoms with Gasteiger partial charge in [0.05, 0.1) is 6.61 Å². The fourth-order valence-corrected chi connectivity index (χ4v) is 4.13. The van der Waals surface area contributed by atoms with Crippen molar-refractivity contribution in [1.29, 1.82) is 0 Å². The zero-order valence-corrected chi connectivity index (χ0v) is 21.0. The maximum absolute atomic E-state index is 11.7. The SMILES string of the molecule is CCCCCCCCCCCCCCCCCCCOC(=O)CCCCCCCC. The minimum absolute atomic E-state index is 0.0157. The van der Waals surface area contributed by atoms with E-state index >= 15 is 0 Å². The standard InChI is InChI=1S/C28H56O2/c1-3-5-7-9-11-12-13-14-15-16-17-18-19-20-21-23-25-27-30-28(29)26-24-22-10-8-6-4-2/h3-27H2,1-2H3. The van der Waals surface area contributed by atoms with Crippen molar-refractivity contribution in [2.24, 2.45) is 0 Å². The van der Waals surface area contributed by atoms with E-state index in [4.69, 9.17) is 4.74 Å². The van der Waals surface area contributed by atoms with E-state index in [-0.39, 0.29) is 5.97 Å². The lowest BCUT2D eigenvalue weighted by Crippen LogP contribution is -2.05. The molecule has 0 N–H and O–H groups in total. The van der Waals surface area contributed by atoms with E-state index < -0.39 is 0 Å². The molecule has 0 saturated carbocycles. The molecule has 180 valence electrons. The Kier molecular flexibility index (Phi) is 26.0. The first-order chi connectivity index (χ1) is 14.8. The fourth-order valence-electron chi connectivity index (χ4n) is 4.13. The molecule has 0 rings (SSSR count). The van der Waals surface area contributed by atoms with Crippen molar-refractivity contribution in [2.45, 2.75) is 168 Å². The van der Waals surface area contributed by atoms with Gasteiger partial charge in [0.1, 0.15) is 0 Å². The third-order valence-electron chi connectivity index (χ3n) is 6.25. The number of carbonyl (C=O) groups excluding carboxylic acids is 1. The molecule has 0 aromatic rings. The molecule has 0 heterocycles. The second-order valence-corrected chi connectivity index (χ2v) is 9.40. The molecule has 0 atom stereocenters. The first-order valence-corrected chi connectivity index (χ1v) is 14.0. The minimum atomic E-state index is 0.0157. The molecule has 0 aliphatic rings. The highest BCUT2D eigenvalue weighted by Gasteiger charge is 2.02. The Morgan fingerprint density at radius 3 is 1.10 bits per heavy atom. The average molecular weight is 425 g/mol. The number of hydrogen-bond donors (Lipinski definition) is 0. The Hall–Kier alpha value is -0.530. The van der Waals surface area contributed by atoms with E-state index in [9.17, 15) is 4.79 Å². The highest BCUT2D eigenvalue weighted by Crippen LogP contribution is 2.14. The number of rotatable bonds is 25. The van der Waals surface area contributed by atoms with E-state index in [0.29, 0.717) is 13.0 Å². The van der Waals surface area contributed by atoms with E-state index in [1.807, 2.05) is 0 Å². The van der Waals surface area contributed by atoms with Crippen LogP contribution in [0.3, 0.4) is 0 Å². The maximum Gasteiger partial charge on any atom is 0.305 e. The van der Waals surface area contributed by atoms with E-state index in [1.165, 1.54) is 135 Å². The Balaban J connectivity index is 3.10. The summed E-state index contributed by atoms with van der Waals surface area (Å²) in [5.74, 6) is 0.0157. The van der Waals surface area contributed by atoms with Gasteiger partial charge in [0.25, 0.3) is 0 Å². The van der Waals surface area contributed by atoms with Gasteiger partial charge in [-0.3, -0.25) is 4.79 Å². The molecule has 2 heteroatoms. The Morgan fingerprint density at radius 1 is 0.433 bits per heavy atom. The fraction of sp³-hybridized carbons (Fsp3) is 0.964. The van der Waals surface area contributed by atoms with Crippen LogP contribution in [-0.4, -0.2) is 12.6 Å². The van der Waals surface area contributed by atoms with Gasteiger partial charge in [0.15, 0.2) is 0 Å². The molecular formula is C28H56O2. The van der Waals surface area contributed by atoms with Gasteiger partial charge in [-0.05, 0) is 12.8 Å². The van der Waals surface area contributed by atoms with Gasteiger partial charge in [0.2, 0.25) is 0 Å². The predicted octanol–water partition coefficient (Wildman–Crippen LogP) is 9.93. The number of carbonyl (C=O) groups is 1. The quantitative estimate of drug-likeness (QED) is 0.108. The van der Waals surface area contributed by atoms with Crippen LogP contribution in [0.15, 0.2) is 0 Å². The predicted molar refractivity (Wildman–Crippen MR) is 133 cm³/mol. The van der Waals surface area contributed by atoms with Gasteiger partial charge in [0, 0.05) is 6.42 Å². The summed E-state index contributed by atoms with van der Waals surface area (Å²) in [6, 6.07) is 0. The molecule has 2 nitrogen and oxygen atoms in total. The maximum atomic E-state index is 11.7. The molecular weight excluding hydrogens is 368 g/mol. The molecule has 0 saturated heterocycles. The highest BCUT2D eigenvalue weighted by molar-refractivity contribution is 5.69. The molecule has 0 radical (unpaired) electrons. The second kappa shape index (κ2) is 26.5. The third kappa shape index (κ3) is 25.5. The van der Waals surface area contributed by atoms with Crippen LogP contribution in [0.4, 0.5) is 0 Å². The minimum Gasteiger partial charge on any atom is -0.466 e. The average Bonchev–Trinajstić information content (AvgIpc) is 2.75. The van der Waals surface area contributed by atoms with Gasteiger partial charge in [-0.2, -0.15) is 0 Å². The lowest BCUT2D eigenvalue weighted by Gasteiger charge is -2.05. The van der Waals surface area contributed by atoms with Crippen LogP contribution in [0.25, 0.3) is 0 Å². The Morgan fingerprint density at radius 2 is 0.733 bits per heavy atom. The lowest BCUT2D eigenvalue weighted by atomic mass is 10.0. The van der Waals surface area contributed by atoms with Crippen LogP contribution in [0, 0.1) is 0 Å². The topological polar surface area (TPSA) is 26.3 Å². The molecule has 0 aromatic carbocycles. The number of unbranched alkanes of at least 4 members (excludes halogenated alkanes) is 21. The smallest absolute Gasteiger partial charge is 0.305 e. The van der Waals surface area contributed by atoms with E-state index in [2.05, 4.69) is 13.8 Å². The molecule has 0 aliphatic carbocycles. The zero-order chi connectivity index (χ0) is 22.0. The molecule has 0 unspecified atom stereocenters. The molecule has 0 aliphatic heterocycles. The largest absolute Gasteiger partial charge is 0.466 e. The zero-order valence-electron chi connectivity index (χ0n) is 21.0. The van der Waals surface area contributed by atoms with Crippen LogP contribution in [-0.2, 0) is 9.53 Å². The lowest BCUT2D eigenvalue weighted by molar-refractivity contribution is -0.143. The van der Waals surface area contributed by atoms with E-state index in [0.717, 1.165) is 12.8 Å². The van der Waals surface area contributed by atoms with Crippen molar-refractivity contribution < 1.29 is 9.53 Å². The van der Waals surface area contributed by atoms with Crippen LogP contribution >= 0.6 is 0 Å². The van der Waals surface area contributed by atoms with Crippen molar-refractivity contribution in [3.05, 3.63) is 0 Å². The van der Waals surface area contributed by atoms with Crippen LogP contribution in [0.2, 0.25) is 0 Å².